The Bertz CT molecular complexity index is 1550. The molecule has 2 aliphatic heterocycles. The summed E-state index contributed by atoms with van der Waals surface area (Å²) in [7, 11) is 0. The van der Waals surface area contributed by atoms with Crippen LogP contribution in [0.1, 0.15) is 43.2 Å². The number of nitro groups is 1. The zero-order valence-corrected chi connectivity index (χ0v) is 23.6. The van der Waals surface area contributed by atoms with E-state index in [1.165, 1.54) is 6.07 Å². The molecule has 2 saturated heterocycles. The third-order valence-corrected chi connectivity index (χ3v) is 8.45. The molecule has 2 fully saturated rings. The summed E-state index contributed by atoms with van der Waals surface area (Å²) in [6, 6.07) is 22.0. The molecule has 40 heavy (non-hydrogen) atoms. The fourth-order valence-corrected chi connectivity index (χ4v) is 6.35. The van der Waals surface area contributed by atoms with E-state index in [1.807, 2.05) is 53.2 Å². The molecule has 0 saturated carbocycles. The van der Waals surface area contributed by atoms with Crippen LogP contribution in [0.2, 0.25) is 5.02 Å². The average molecular weight is 573 g/mol. The normalized spacial score (nSPS) is 19.6. The predicted octanol–water partition coefficient (Wildman–Crippen LogP) is 6.85. The smallest absolute Gasteiger partial charge is 0.271 e. The van der Waals surface area contributed by atoms with Crippen molar-refractivity contribution < 1.29 is 4.92 Å². The van der Waals surface area contributed by atoms with Gasteiger partial charge in [-0.3, -0.25) is 15.1 Å². The predicted molar refractivity (Wildman–Crippen MR) is 162 cm³/mol. The fraction of sp³-hybridized carbons (Fsp3) is 0.267. The van der Waals surface area contributed by atoms with Crippen LogP contribution >= 0.6 is 23.8 Å². The lowest BCUT2D eigenvalue weighted by Gasteiger charge is -2.33. The molecule has 2 aromatic heterocycles. The van der Waals surface area contributed by atoms with Crippen LogP contribution in [0.4, 0.5) is 17.1 Å². The number of hydrogen-bond donors (Lipinski definition) is 1. The first-order valence-electron chi connectivity index (χ1n) is 13.4. The third kappa shape index (κ3) is 4.91. The Morgan fingerprint density at radius 3 is 2.58 bits per heavy atom. The summed E-state index contributed by atoms with van der Waals surface area (Å²) >= 11 is 12.8. The number of hydrogen-bond acceptors (Lipinski definition) is 5. The number of piperidine rings is 1. The van der Waals surface area contributed by atoms with Crippen LogP contribution < -0.4 is 15.1 Å². The van der Waals surface area contributed by atoms with E-state index in [9.17, 15) is 10.1 Å². The van der Waals surface area contributed by atoms with Gasteiger partial charge in [-0.25, -0.2) is 0 Å². The summed E-state index contributed by atoms with van der Waals surface area (Å²) in [4.78, 5) is 20.2. The van der Waals surface area contributed by atoms with Crippen molar-refractivity contribution >= 4 is 46.0 Å². The van der Waals surface area contributed by atoms with Gasteiger partial charge < -0.3 is 19.7 Å². The van der Waals surface area contributed by atoms with E-state index in [2.05, 4.69) is 39.2 Å². The Hall–Kier alpha value is -3.95. The number of anilines is 2. The van der Waals surface area contributed by atoms with Gasteiger partial charge in [0.25, 0.3) is 5.69 Å². The second-order valence-electron chi connectivity index (χ2n) is 10.4. The second kappa shape index (κ2) is 10.9. The van der Waals surface area contributed by atoms with Gasteiger partial charge in [-0.15, -0.1) is 0 Å². The van der Waals surface area contributed by atoms with Gasteiger partial charge in [0.15, 0.2) is 5.11 Å². The number of rotatable bonds is 6. The minimum absolute atomic E-state index is 0.0322. The molecule has 0 radical (unpaired) electrons. The van der Waals surface area contributed by atoms with Crippen LogP contribution in [-0.4, -0.2) is 32.7 Å². The first-order chi connectivity index (χ1) is 19.4. The zero-order chi connectivity index (χ0) is 27.8. The molecule has 6 rings (SSSR count). The van der Waals surface area contributed by atoms with E-state index in [-0.39, 0.29) is 22.7 Å². The Labute approximate surface area is 243 Å². The van der Waals surface area contributed by atoms with Gasteiger partial charge in [-0.2, -0.15) is 0 Å². The highest BCUT2D eigenvalue weighted by atomic mass is 35.5. The number of benzene rings is 2. The maximum atomic E-state index is 11.5. The summed E-state index contributed by atoms with van der Waals surface area (Å²) in [5.74, 6) is 0.730. The lowest BCUT2D eigenvalue weighted by molar-refractivity contribution is -0.384. The van der Waals surface area contributed by atoms with Crippen molar-refractivity contribution in [2.45, 2.75) is 31.8 Å². The number of thiocarbonyl (C=S) groups is 1. The number of nitro benzene ring substituents is 1. The monoisotopic (exact) mass is 572 g/mol. The van der Waals surface area contributed by atoms with Crippen molar-refractivity contribution in [1.82, 2.24) is 14.9 Å². The van der Waals surface area contributed by atoms with Gasteiger partial charge in [-0.05, 0) is 79.5 Å². The Morgan fingerprint density at radius 1 is 1.02 bits per heavy atom. The van der Waals surface area contributed by atoms with Gasteiger partial charge >= 0.3 is 0 Å². The summed E-state index contributed by atoms with van der Waals surface area (Å²) < 4.78 is 1.97. The van der Waals surface area contributed by atoms with E-state index < -0.39 is 0 Å². The van der Waals surface area contributed by atoms with Crippen molar-refractivity contribution in [2.24, 2.45) is 5.92 Å². The molecule has 4 heterocycles. The van der Waals surface area contributed by atoms with E-state index in [0.717, 1.165) is 54.6 Å². The van der Waals surface area contributed by atoms with E-state index >= 15 is 0 Å². The van der Waals surface area contributed by atoms with Crippen LogP contribution in [0.5, 0.6) is 0 Å². The van der Waals surface area contributed by atoms with Crippen LogP contribution in [0.25, 0.3) is 5.69 Å². The van der Waals surface area contributed by atoms with E-state index in [4.69, 9.17) is 23.8 Å². The second-order valence-corrected chi connectivity index (χ2v) is 11.2. The standard InChI is InChI=1S/C30H29ClN6O2S/c1-20-12-16-34(17-13-20)26-11-10-22(19-24(26)31)36-29(28(33-30(36)40)25-8-2-3-14-32-25)27-9-5-15-35(27)21-6-4-7-23(18-21)37(38)39/h2-11,14-15,18-20,28-29H,12-13,16-17H2,1H3,(H,33,40)/t28-,29-/m0/s1. The largest absolute Gasteiger partial charge is 0.370 e. The molecule has 2 aliphatic rings. The SMILES string of the molecule is CC1CCN(c2ccc(N3C(=S)N[C@@H](c4ccccn4)[C@@H]3c3cccn3-c3cccc([N+](=O)[O-])c3)cc2Cl)CC1. The van der Waals surface area contributed by atoms with Crippen molar-refractivity contribution in [3.05, 3.63) is 112 Å². The zero-order valence-electron chi connectivity index (χ0n) is 22.0. The Balaban J connectivity index is 1.43. The first-order valence-corrected chi connectivity index (χ1v) is 14.2. The highest BCUT2D eigenvalue weighted by Crippen LogP contribution is 2.44. The summed E-state index contributed by atoms with van der Waals surface area (Å²) in [6.45, 7) is 4.28. The molecule has 0 bridgehead atoms. The maximum absolute atomic E-state index is 11.5. The fourth-order valence-electron chi connectivity index (χ4n) is 5.71. The number of aromatic nitrogens is 2. The summed E-state index contributed by atoms with van der Waals surface area (Å²) in [6.07, 6.45) is 5.99. The van der Waals surface area contributed by atoms with Crippen molar-refractivity contribution in [3.8, 4) is 5.69 Å². The molecular weight excluding hydrogens is 544 g/mol. The number of nitrogens with zero attached hydrogens (tertiary/aromatic N) is 5. The van der Waals surface area contributed by atoms with Gasteiger partial charge in [0.2, 0.25) is 0 Å². The highest BCUT2D eigenvalue weighted by Gasteiger charge is 2.42. The topological polar surface area (TPSA) is 79.5 Å². The number of nitrogens with one attached hydrogen (secondary N) is 1. The van der Waals surface area contributed by atoms with Gasteiger partial charge in [0.05, 0.1) is 33.1 Å². The highest BCUT2D eigenvalue weighted by molar-refractivity contribution is 7.80. The number of halogens is 1. The number of non-ortho nitro benzene ring substituents is 1. The molecule has 204 valence electrons. The van der Waals surface area contributed by atoms with E-state index in [0.29, 0.717) is 15.8 Å². The van der Waals surface area contributed by atoms with Gasteiger partial charge in [0.1, 0.15) is 6.04 Å². The lowest BCUT2D eigenvalue weighted by Crippen LogP contribution is -2.33. The first kappa shape index (κ1) is 26.3. The molecule has 4 aromatic rings. The minimum Gasteiger partial charge on any atom is -0.370 e. The molecule has 0 amide bonds. The quantitative estimate of drug-likeness (QED) is 0.154. The summed E-state index contributed by atoms with van der Waals surface area (Å²) in [5.41, 5.74) is 4.38. The molecule has 1 N–H and O–H groups in total. The third-order valence-electron chi connectivity index (χ3n) is 7.83. The Kier molecular flexibility index (Phi) is 7.16. The van der Waals surface area contributed by atoms with Crippen LogP contribution in [0.3, 0.4) is 0 Å². The van der Waals surface area contributed by atoms with Crippen LogP contribution in [0, 0.1) is 16.0 Å². The van der Waals surface area contributed by atoms with Crippen molar-refractivity contribution in [3.63, 3.8) is 0 Å². The Morgan fingerprint density at radius 2 is 1.85 bits per heavy atom. The molecular formula is C30H29ClN6O2S. The molecule has 2 atom stereocenters. The van der Waals surface area contributed by atoms with E-state index in [1.54, 1.807) is 18.3 Å². The molecule has 0 unspecified atom stereocenters. The van der Waals surface area contributed by atoms with Crippen molar-refractivity contribution in [1.29, 1.82) is 0 Å². The van der Waals surface area contributed by atoms with Crippen molar-refractivity contribution in [2.75, 3.05) is 22.9 Å². The minimum atomic E-state index is -0.380. The maximum Gasteiger partial charge on any atom is 0.271 e. The van der Waals surface area contributed by atoms with Crippen LogP contribution in [-0.2, 0) is 0 Å². The van der Waals surface area contributed by atoms with Crippen LogP contribution in [0.15, 0.2) is 85.2 Å². The number of pyridine rings is 1. The summed E-state index contributed by atoms with van der Waals surface area (Å²) in [5, 5.41) is 16.2. The van der Waals surface area contributed by atoms with Gasteiger partial charge in [0, 0.05) is 49.0 Å². The molecule has 2 aromatic carbocycles. The van der Waals surface area contributed by atoms with Gasteiger partial charge in [-0.1, -0.05) is 30.7 Å². The average Bonchev–Trinajstić information content (AvgIpc) is 3.58. The molecule has 0 spiro atoms. The molecule has 0 aliphatic carbocycles. The molecule has 10 heteroatoms. The lowest BCUT2D eigenvalue weighted by atomic mass is 9.98. The molecule has 8 nitrogen and oxygen atoms in total.